The molecule has 0 N–H and O–H groups in total. The van der Waals surface area contributed by atoms with Crippen LogP contribution < -0.4 is 0 Å². The lowest BCUT2D eigenvalue weighted by atomic mass is 10.1. The molecule has 2 aliphatic carbocycles. The Kier molecular flexibility index (Phi) is 23.8. The largest absolute Gasteiger partial charge is 0.407 e. The fourth-order valence-electron chi connectivity index (χ4n) is 12.1. The second kappa shape index (κ2) is 29.8. The van der Waals surface area contributed by atoms with E-state index in [-0.39, 0.29) is 49.0 Å². The molecule has 2 unspecified atom stereocenters. The molecule has 10 atom stereocenters. The molecule has 0 bridgehead atoms. The third-order valence-electron chi connectivity index (χ3n) is 19.3. The summed E-state index contributed by atoms with van der Waals surface area (Å²) in [6, 6.07) is 20.7. The smallest absolute Gasteiger partial charge is 0.193 e. The Hall–Kier alpha value is -5.26. The van der Waals surface area contributed by atoms with Gasteiger partial charge in [-0.1, -0.05) is 97.1 Å². The van der Waals surface area contributed by atoms with Crippen LogP contribution >= 0.6 is 22.6 Å². The lowest BCUT2D eigenvalue weighted by molar-refractivity contribution is -0.118. The predicted molar refractivity (Wildman–Crippen MR) is 370 cm³/mol. The Morgan fingerprint density at radius 2 is 1.06 bits per heavy atom. The van der Waals surface area contributed by atoms with Crippen molar-refractivity contribution in [2.75, 3.05) is 39.3 Å². The van der Waals surface area contributed by atoms with Gasteiger partial charge in [0.05, 0.1) is 12.1 Å². The van der Waals surface area contributed by atoms with E-state index in [4.69, 9.17) is 29.3 Å². The highest BCUT2D eigenvalue weighted by Gasteiger charge is 2.55. The molecule has 0 spiro atoms. The molecule has 4 aliphatic rings. The summed E-state index contributed by atoms with van der Waals surface area (Å²) in [5.41, 5.74) is 4.84. The van der Waals surface area contributed by atoms with E-state index in [1.807, 2.05) is 36.9 Å². The second-order valence-electron chi connectivity index (χ2n) is 27.9. The van der Waals surface area contributed by atoms with Crippen LogP contribution in [-0.2, 0) is 18.4 Å². The Morgan fingerprint density at radius 1 is 0.670 bits per heavy atom. The predicted octanol–water partition coefficient (Wildman–Crippen LogP) is 16.8. The maximum Gasteiger partial charge on any atom is 0.193 e. The number of carbonyl (C=O) groups is 2. The number of rotatable bonds is 22. The highest BCUT2D eigenvalue weighted by Crippen LogP contribution is 2.52. The van der Waals surface area contributed by atoms with Crippen LogP contribution in [-0.4, -0.2) is 107 Å². The van der Waals surface area contributed by atoms with Crippen LogP contribution in [0.3, 0.4) is 0 Å². The van der Waals surface area contributed by atoms with Crippen LogP contribution in [0, 0.1) is 63.3 Å². The lowest BCUT2D eigenvalue weighted by Gasteiger charge is -2.38. The fraction of sp³-hybridized carbons (Fsp3) is 0.577. The van der Waals surface area contributed by atoms with E-state index in [1.165, 1.54) is 3.57 Å². The number of fused-ring (bicyclic) bond motifs is 2. The van der Waals surface area contributed by atoms with Gasteiger partial charge < -0.3 is 46.4 Å². The monoisotopic (exact) mass is 1350 g/mol. The number of nitrogens with zero attached hydrogens (tertiary/aromatic N) is 8. The van der Waals surface area contributed by atoms with Gasteiger partial charge in [-0.25, -0.2) is 9.97 Å². The number of hydrogen-bond acceptors (Lipinski definition) is 12. The first kappa shape index (κ1) is 70.2. The summed E-state index contributed by atoms with van der Waals surface area (Å²) < 4.78 is 30.4. The summed E-state index contributed by atoms with van der Waals surface area (Å²) in [7, 11) is -3.85. The molecule has 2 saturated carbocycles. The second-order valence-corrected chi connectivity index (χ2v) is 38.6. The first-order valence-electron chi connectivity index (χ1n) is 31.7. The molecule has 6 aromatic rings. The zero-order valence-corrected chi connectivity index (χ0v) is 59.0. The van der Waals surface area contributed by atoms with Crippen LogP contribution in [0.2, 0.25) is 36.3 Å². The lowest BCUT2D eigenvalue weighted by Crippen LogP contribution is -2.41. The first-order chi connectivity index (χ1) is 41.1. The third kappa shape index (κ3) is 17.4. The summed E-state index contributed by atoms with van der Waals surface area (Å²) in [6.07, 6.45) is 18.1. The van der Waals surface area contributed by atoms with Crippen molar-refractivity contribution in [1.82, 2.24) is 39.2 Å². The number of Topliss-reactive ketones (excluding diaryl/α,β-unsaturated/α-hetero) is 2. The van der Waals surface area contributed by atoms with E-state index < -0.39 is 16.6 Å². The highest BCUT2D eigenvalue weighted by atomic mass is 127. The summed E-state index contributed by atoms with van der Waals surface area (Å²) in [4.78, 5) is 36.2. The van der Waals surface area contributed by atoms with Gasteiger partial charge in [-0.2, -0.15) is 0 Å². The molecule has 0 amide bonds. The standard InChI is InChI=1S/C35H48N4O3Si.C23H32IN3O2Si.C12H17NO.CH4.H2/c1-9-32(39-20-18-36-34(39)25(3)42-43(7,8)35(4,5)6)31-21-33(41-37-31)27-15-12-26(13-16-27)14-17-28-29-22-38(23-30(28)29)19-10-11-24(2)40;1-8-20(19-15-21(28-26-19)17-9-11-18(24)12-10-17)27-14-13-25-22(27)16(2)29-30(6,7)23(3,4)5;1-3-10-11-7-13(8-12(10)11)6-4-5-9(2)14;;/h12-13,15-16,18,20-21,25,28-30,32H,9-11,19,22-23H2,1-8H3;9-16,20H,8H2,1-7H3;1,10-12H,4-8H2,2H3;1H4;1H/t25-,28?,29-,30+,32+;16-,20+;10?,11-,12+;;/m00.../s1. The van der Waals surface area contributed by atoms with Crippen molar-refractivity contribution in [3.63, 3.8) is 0 Å². The highest BCUT2D eigenvalue weighted by molar-refractivity contribution is 14.1. The van der Waals surface area contributed by atoms with Crippen LogP contribution in [0.5, 0.6) is 0 Å². The molecular weight excluding hydrogens is 1240 g/mol. The van der Waals surface area contributed by atoms with Gasteiger partial charge in [0.1, 0.15) is 46.8 Å². The van der Waals surface area contributed by atoms with Crippen LogP contribution in [0.1, 0.15) is 183 Å². The number of halogens is 1. The van der Waals surface area contributed by atoms with Crippen molar-refractivity contribution in [2.24, 2.45) is 35.5 Å². The number of piperidine rings is 2. The Bertz CT molecular complexity index is 3330. The topological polar surface area (TPSA) is 147 Å². The molecule has 2 aromatic carbocycles. The van der Waals surface area contributed by atoms with Crippen LogP contribution in [0.15, 0.2) is 94.5 Å². The number of imidazole rings is 2. The maximum atomic E-state index is 11.2. The van der Waals surface area contributed by atoms with Gasteiger partial charge >= 0.3 is 0 Å². The molecule has 4 aromatic heterocycles. The number of ketones is 2. The average molecular weight is 1350 g/mol. The Balaban J connectivity index is 0.000000237. The van der Waals surface area contributed by atoms with E-state index in [0.29, 0.717) is 35.9 Å². The quantitative estimate of drug-likeness (QED) is 0.0362. The van der Waals surface area contributed by atoms with Crippen molar-refractivity contribution in [2.45, 2.75) is 190 Å². The van der Waals surface area contributed by atoms with Gasteiger partial charge in [-0.3, -0.25) is 0 Å². The van der Waals surface area contributed by atoms with E-state index in [2.05, 4.69) is 219 Å². The zero-order valence-electron chi connectivity index (χ0n) is 54.8. The molecule has 17 heteroatoms. The average Bonchev–Trinajstić information content (AvgIpc) is 1.64. The SMILES string of the molecule is C.C#CC1[C@H]2CN(CCCC(C)=O)C[C@@H]12.CC[C@H](c1cc(-c2ccc(C#CC3[C@H]4CN(CCCC(C)=O)C[C@@H]34)cc2)on1)n1ccnc1[C@H](C)O[Si](C)(C)C(C)(C)C.CC[C@H](c1cc(-c2ccc(I)cc2)on1)n1ccnc1[C@H](C)O[Si](C)(C)C(C)(C)C.[HH]. The number of hydrogen-bond donors (Lipinski definition) is 0. The van der Waals surface area contributed by atoms with Gasteiger partial charge in [-0.15, -0.1) is 12.3 Å². The summed E-state index contributed by atoms with van der Waals surface area (Å²) in [5, 5.41) is 9.16. The van der Waals surface area contributed by atoms with E-state index in [0.717, 1.165) is 134 Å². The summed E-state index contributed by atoms with van der Waals surface area (Å²) >= 11 is 2.30. The Morgan fingerprint density at radius 3 is 1.42 bits per heavy atom. The molecule has 4 fully saturated rings. The number of aromatic nitrogens is 6. The van der Waals surface area contributed by atoms with Crippen molar-refractivity contribution < 1.29 is 28.9 Å². The van der Waals surface area contributed by atoms with E-state index >= 15 is 0 Å². The van der Waals surface area contributed by atoms with Crippen molar-refractivity contribution in [3.05, 3.63) is 118 Å². The minimum absolute atomic E-state index is 0. The number of likely N-dealkylation sites (tertiary alicyclic amines) is 2. The first-order valence-corrected chi connectivity index (χ1v) is 38.6. The molecular formula is C71H103IN8O6Si2. The summed E-state index contributed by atoms with van der Waals surface area (Å²) in [5.74, 6) is 17.8. The zero-order chi connectivity index (χ0) is 63.2. The minimum atomic E-state index is -1.95. The van der Waals surface area contributed by atoms with Crippen LogP contribution in [0.25, 0.3) is 22.6 Å². The van der Waals surface area contributed by atoms with E-state index in [9.17, 15) is 9.59 Å². The number of terminal acetylenes is 1. The Labute approximate surface area is 544 Å². The van der Waals surface area contributed by atoms with Gasteiger partial charge in [-0.05, 0) is 185 Å². The molecule has 6 heterocycles. The molecule has 10 rings (SSSR count). The number of carbonyl (C=O) groups excluding carboxylic acids is 2. The maximum absolute atomic E-state index is 11.2. The van der Waals surface area contributed by atoms with Gasteiger partial charge in [0.25, 0.3) is 0 Å². The summed E-state index contributed by atoms with van der Waals surface area (Å²) in [6.45, 7) is 41.2. The van der Waals surface area contributed by atoms with Gasteiger partial charge in [0.15, 0.2) is 28.2 Å². The van der Waals surface area contributed by atoms with Crippen LogP contribution in [0.4, 0.5) is 0 Å². The molecule has 2 aliphatic heterocycles. The number of benzene rings is 2. The molecule has 14 nitrogen and oxygen atoms in total. The minimum Gasteiger partial charge on any atom is -0.407 e. The molecule has 88 heavy (non-hydrogen) atoms. The normalized spacial score (nSPS) is 21.1. The third-order valence-corrected chi connectivity index (χ3v) is 29.1. The van der Waals surface area contributed by atoms with Crippen molar-refractivity contribution in [1.29, 1.82) is 0 Å². The van der Waals surface area contributed by atoms with Crippen molar-refractivity contribution >= 4 is 50.8 Å². The molecule has 0 radical (unpaired) electrons. The van der Waals surface area contributed by atoms with Gasteiger partial charge in [0, 0.05) is 109 Å². The van der Waals surface area contributed by atoms with E-state index in [1.54, 1.807) is 13.8 Å². The molecule has 2 saturated heterocycles. The van der Waals surface area contributed by atoms with Gasteiger partial charge in [0.2, 0.25) is 0 Å². The fourth-order valence-corrected chi connectivity index (χ4v) is 15.1. The van der Waals surface area contributed by atoms with Crippen molar-refractivity contribution in [3.8, 4) is 46.8 Å². The molecule has 478 valence electrons.